The van der Waals surface area contributed by atoms with Crippen molar-refractivity contribution in [1.82, 2.24) is 4.57 Å². The molecule has 0 fully saturated rings. The van der Waals surface area contributed by atoms with Gasteiger partial charge < -0.3 is 0 Å². The largest absolute Gasteiger partial charge is 0.243 e. The summed E-state index contributed by atoms with van der Waals surface area (Å²) in [6, 6.07) is 0. The molecule has 0 N–H and O–H groups in total. The highest BCUT2D eigenvalue weighted by atomic mass is 32.2. The van der Waals surface area contributed by atoms with Gasteiger partial charge in [0.25, 0.3) is 0 Å². The van der Waals surface area contributed by atoms with Gasteiger partial charge in [0.2, 0.25) is 6.33 Å². The summed E-state index contributed by atoms with van der Waals surface area (Å²) >= 11 is 3.84. The first-order chi connectivity index (χ1) is 7.36. The van der Waals surface area contributed by atoms with Crippen LogP contribution in [-0.4, -0.2) is 28.6 Å². The smallest absolute Gasteiger partial charge is 0.237 e. The fraction of sp³-hybridized carbons (Fsp3) is 0.727. The molecule has 0 atom stereocenters. The Labute approximate surface area is 101 Å². The highest BCUT2D eigenvalue weighted by Crippen LogP contribution is 1.98. The minimum absolute atomic E-state index is 1.15. The molecule has 0 bridgehead atoms. The summed E-state index contributed by atoms with van der Waals surface area (Å²) in [5.74, 6) is 2.51. The Bertz CT molecular complexity index is 236. The fourth-order valence-electron chi connectivity index (χ4n) is 1.49. The number of rotatable bonds is 8. The molecule has 15 heavy (non-hydrogen) atoms. The summed E-state index contributed by atoms with van der Waals surface area (Å²) in [6.07, 6.45) is 13.4. The van der Waals surface area contributed by atoms with Crippen LogP contribution in [0, 0.1) is 0 Å². The molecule has 4 heteroatoms. The zero-order valence-electron chi connectivity index (χ0n) is 9.69. The second kappa shape index (κ2) is 8.11. The minimum atomic E-state index is 1.15. The first-order valence-electron chi connectivity index (χ1n) is 5.39. The number of hydrogen-bond acceptors (Lipinski definition) is 2. The lowest BCUT2D eigenvalue weighted by Crippen LogP contribution is -2.31. The molecule has 0 aliphatic carbocycles. The molecule has 2 nitrogen and oxygen atoms in total. The first-order valence-corrected chi connectivity index (χ1v) is 8.18. The lowest BCUT2D eigenvalue weighted by Gasteiger charge is -1.95. The lowest BCUT2D eigenvalue weighted by molar-refractivity contribution is -0.696. The Kier molecular flexibility index (Phi) is 7.01. The van der Waals surface area contributed by atoms with Crippen LogP contribution in [0.25, 0.3) is 0 Å². The van der Waals surface area contributed by atoms with Crippen LogP contribution in [0.3, 0.4) is 0 Å². The molecular weight excluding hydrogens is 224 g/mol. The summed E-state index contributed by atoms with van der Waals surface area (Å²) < 4.78 is 4.57. The van der Waals surface area contributed by atoms with E-state index in [0.29, 0.717) is 0 Å². The number of imidazole rings is 1. The normalized spacial score (nSPS) is 10.8. The van der Waals surface area contributed by atoms with Gasteiger partial charge in [0.05, 0.1) is 13.1 Å². The molecule has 0 aliphatic rings. The molecule has 0 aliphatic heterocycles. The SMILES string of the molecule is CSCCCn1cc[n+](CCCSC)c1. The maximum absolute atomic E-state index is 2.29. The van der Waals surface area contributed by atoms with Crippen molar-refractivity contribution in [1.29, 1.82) is 0 Å². The van der Waals surface area contributed by atoms with Crippen LogP contribution < -0.4 is 4.57 Å². The number of thioether (sulfide) groups is 2. The molecule has 1 rings (SSSR count). The molecule has 0 unspecified atom stereocenters. The van der Waals surface area contributed by atoms with Crippen molar-refractivity contribution in [3.8, 4) is 0 Å². The summed E-state index contributed by atoms with van der Waals surface area (Å²) in [4.78, 5) is 0. The summed E-state index contributed by atoms with van der Waals surface area (Å²) in [7, 11) is 0. The van der Waals surface area contributed by atoms with Gasteiger partial charge in [-0.1, -0.05) is 0 Å². The fourth-order valence-corrected chi connectivity index (χ4v) is 2.32. The van der Waals surface area contributed by atoms with E-state index in [0.717, 1.165) is 13.1 Å². The van der Waals surface area contributed by atoms with E-state index >= 15 is 0 Å². The third-order valence-electron chi connectivity index (χ3n) is 2.28. The van der Waals surface area contributed by atoms with E-state index in [9.17, 15) is 0 Å². The predicted molar refractivity (Wildman–Crippen MR) is 70.6 cm³/mol. The van der Waals surface area contributed by atoms with E-state index in [1.165, 1.54) is 24.3 Å². The van der Waals surface area contributed by atoms with Crippen molar-refractivity contribution >= 4 is 23.5 Å². The molecule has 1 heterocycles. The molecule has 1 aromatic heterocycles. The van der Waals surface area contributed by atoms with Crippen LogP contribution in [0.4, 0.5) is 0 Å². The molecule has 0 spiro atoms. The van der Waals surface area contributed by atoms with Gasteiger partial charge in [-0.3, -0.25) is 0 Å². The Morgan fingerprint density at radius 3 is 2.60 bits per heavy atom. The predicted octanol–water partition coefficient (Wildman–Crippen LogP) is 2.28. The van der Waals surface area contributed by atoms with Crippen molar-refractivity contribution < 1.29 is 4.57 Å². The van der Waals surface area contributed by atoms with Crippen LogP contribution in [-0.2, 0) is 13.1 Å². The van der Waals surface area contributed by atoms with Gasteiger partial charge in [-0.2, -0.15) is 23.5 Å². The second-order valence-corrected chi connectivity index (χ2v) is 5.55. The Balaban J connectivity index is 2.23. The number of nitrogens with zero attached hydrogens (tertiary/aromatic N) is 2. The molecule has 0 aromatic carbocycles. The van der Waals surface area contributed by atoms with Gasteiger partial charge in [-0.25, -0.2) is 9.13 Å². The van der Waals surface area contributed by atoms with E-state index in [1.54, 1.807) is 0 Å². The van der Waals surface area contributed by atoms with E-state index in [2.05, 4.69) is 40.4 Å². The van der Waals surface area contributed by atoms with Crippen molar-refractivity contribution in [3.63, 3.8) is 0 Å². The Hall–Kier alpha value is -0.0900. The molecule has 1 aromatic rings. The van der Waals surface area contributed by atoms with E-state index in [1.807, 2.05) is 23.5 Å². The average molecular weight is 245 g/mol. The maximum Gasteiger partial charge on any atom is 0.243 e. The van der Waals surface area contributed by atoms with Crippen molar-refractivity contribution in [2.75, 3.05) is 24.0 Å². The van der Waals surface area contributed by atoms with Crippen LogP contribution >= 0.6 is 23.5 Å². The average Bonchev–Trinajstić information content (AvgIpc) is 2.67. The molecule has 0 saturated carbocycles. The van der Waals surface area contributed by atoms with Crippen LogP contribution in [0.5, 0.6) is 0 Å². The van der Waals surface area contributed by atoms with E-state index in [-0.39, 0.29) is 0 Å². The first kappa shape index (κ1) is 13.0. The molecule has 0 amide bonds. The third kappa shape index (κ3) is 5.52. The molecule has 0 saturated heterocycles. The van der Waals surface area contributed by atoms with E-state index < -0.39 is 0 Å². The van der Waals surface area contributed by atoms with Gasteiger partial charge in [-0.15, -0.1) is 0 Å². The van der Waals surface area contributed by atoms with Crippen LogP contribution in [0.2, 0.25) is 0 Å². The van der Waals surface area contributed by atoms with Crippen LogP contribution in [0.1, 0.15) is 12.8 Å². The van der Waals surface area contributed by atoms with Gasteiger partial charge in [0.15, 0.2) is 0 Å². The highest BCUT2D eigenvalue weighted by Gasteiger charge is 2.02. The van der Waals surface area contributed by atoms with Gasteiger partial charge in [0.1, 0.15) is 12.4 Å². The standard InChI is InChI=1S/C11H21N2S2/c1-14-9-3-5-12-7-8-13(11-12)6-4-10-15-2/h7-8,11H,3-6,9-10H2,1-2H3/q+1. The number of hydrogen-bond donors (Lipinski definition) is 0. The quantitative estimate of drug-likeness (QED) is 0.513. The van der Waals surface area contributed by atoms with Crippen LogP contribution in [0.15, 0.2) is 18.7 Å². The van der Waals surface area contributed by atoms with Gasteiger partial charge >= 0.3 is 0 Å². The minimum Gasteiger partial charge on any atom is -0.237 e. The van der Waals surface area contributed by atoms with Crippen molar-refractivity contribution in [2.45, 2.75) is 25.9 Å². The maximum atomic E-state index is 2.29. The second-order valence-electron chi connectivity index (χ2n) is 3.58. The molecule has 0 radical (unpaired) electrons. The summed E-state index contributed by atoms with van der Waals surface area (Å²) in [5.41, 5.74) is 0. The number of aromatic nitrogens is 2. The molecular formula is C11H21N2S2+. The number of aryl methyl sites for hydroxylation is 2. The summed E-state index contributed by atoms with van der Waals surface area (Å²) in [5, 5.41) is 0. The Morgan fingerprint density at radius 2 is 1.87 bits per heavy atom. The lowest BCUT2D eigenvalue weighted by atomic mass is 10.5. The van der Waals surface area contributed by atoms with E-state index in [4.69, 9.17) is 0 Å². The Morgan fingerprint density at radius 1 is 1.13 bits per heavy atom. The van der Waals surface area contributed by atoms with Crippen molar-refractivity contribution in [3.05, 3.63) is 18.7 Å². The highest BCUT2D eigenvalue weighted by molar-refractivity contribution is 7.98. The zero-order chi connectivity index (χ0) is 10.9. The van der Waals surface area contributed by atoms with Gasteiger partial charge in [0, 0.05) is 0 Å². The monoisotopic (exact) mass is 245 g/mol. The zero-order valence-corrected chi connectivity index (χ0v) is 11.3. The topological polar surface area (TPSA) is 8.81 Å². The third-order valence-corrected chi connectivity index (χ3v) is 3.67. The van der Waals surface area contributed by atoms with Crippen molar-refractivity contribution in [2.24, 2.45) is 0 Å². The molecule has 86 valence electrons. The van der Waals surface area contributed by atoms with Gasteiger partial charge in [-0.05, 0) is 36.9 Å². The summed E-state index contributed by atoms with van der Waals surface area (Å²) in [6.45, 7) is 2.30.